The van der Waals surface area contributed by atoms with Gasteiger partial charge in [-0.1, -0.05) is 13.3 Å². The van der Waals surface area contributed by atoms with Crippen molar-refractivity contribution >= 4 is 5.91 Å². The van der Waals surface area contributed by atoms with Crippen molar-refractivity contribution in [2.24, 2.45) is 0 Å². The van der Waals surface area contributed by atoms with E-state index >= 15 is 0 Å². The number of aliphatic hydroxyl groups excluding tert-OH is 1. The van der Waals surface area contributed by atoms with E-state index in [0.717, 1.165) is 19.4 Å². The lowest BCUT2D eigenvalue weighted by molar-refractivity contribution is -0.120. The molecule has 3 N–H and O–H groups in total. The van der Waals surface area contributed by atoms with E-state index in [1.807, 2.05) is 0 Å². The predicted molar refractivity (Wildman–Crippen MR) is 52.5 cm³/mol. The zero-order chi connectivity index (χ0) is 9.94. The molecule has 78 valence electrons. The molecular formula is C9H20N2O2. The number of hydrogen-bond donors (Lipinski definition) is 3. The van der Waals surface area contributed by atoms with Crippen molar-refractivity contribution in [3.05, 3.63) is 0 Å². The van der Waals surface area contributed by atoms with Gasteiger partial charge in [0.05, 0.1) is 6.54 Å². The Balaban J connectivity index is 3.11. The van der Waals surface area contributed by atoms with Crippen LogP contribution in [-0.4, -0.2) is 37.3 Å². The normalized spacial score (nSPS) is 10.0. The van der Waals surface area contributed by atoms with E-state index in [9.17, 15) is 4.79 Å². The highest BCUT2D eigenvalue weighted by atomic mass is 16.3. The molecule has 0 aliphatic heterocycles. The average molecular weight is 188 g/mol. The van der Waals surface area contributed by atoms with Gasteiger partial charge in [0, 0.05) is 13.2 Å². The summed E-state index contributed by atoms with van der Waals surface area (Å²) in [5, 5.41) is 14.2. The first-order valence-electron chi connectivity index (χ1n) is 4.89. The number of amides is 1. The molecule has 0 saturated carbocycles. The van der Waals surface area contributed by atoms with Gasteiger partial charge in [0.25, 0.3) is 0 Å². The summed E-state index contributed by atoms with van der Waals surface area (Å²) in [5.74, 6) is 0.0337. The Labute approximate surface area is 79.7 Å². The van der Waals surface area contributed by atoms with Crippen LogP contribution in [0.5, 0.6) is 0 Å². The topological polar surface area (TPSA) is 61.4 Å². The largest absolute Gasteiger partial charge is 0.396 e. The lowest BCUT2D eigenvalue weighted by Crippen LogP contribution is -2.34. The standard InChI is InChI=1S/C9H20N2O2/c1-2-3-6-11-9(13)8-10-5-4-7-12/h10,12H,2-8H2,1H3,(H,11,13). The summed E-state index contributed by atoms with van der Waals surface area (Å²) < 4.78 is 0. The van der Waals surface area contributed by atoms with Crippen LogP contribution in [0.1, 0.15) is 26.2 Å². The highest BCUT2D eigenvalue weighted by molar-refractivity contribution is 5.77. The molecule has 4 nitrogen and oxygen atoms in total. The van der Waals surface area contributed by atoms with Crippen LogP contribution in [0.3, 0.4) is 0 Å². The molecule has 0 unspecified atom stereocenters. The minimum atomic E-state index is 0.0337. The van der Waals surface area contributed by atoms with Gasteiger partial charge in [0.1, 0.15) is 0 Å². The Morgan fingerprint density at radius 3 is 2.69 bits per heavy atom. The van der Waals surface area contributed by atoms with E-state index in [1.54, 1.807) is 0 Å². The summed E-state index contributed by atoms with van der Waals surface area (Å²) in [6.45, 7) is 4.06. The van der Waals surface area contributed by atoms with E-state index in [-0.39, 0.29) is 12.5 Å². The molecule has 1 amide bonds. The Morgan fingerprint density at radius 2 is 2.08 bits per heavy atom. The van der Waals surface area contributed by atoms with Crippen molar-refractivity contribution in [3.8, 4) is 0 Å². The fraction of sp³-hybridized carbons (Fsp3) is 0.889. The molecule has 0 aliphatic carbocycles. The van der Waals surface area contributed by atoms with Gasteiger partial charge in [-0.2, -0.15) is 0 Å². The second-order valence-corrected chi connectivity index (χ2v) is 2.96. The fourth-order valence-electron chi connectivity index (χ4n) is 0.873. The monoisotopic (exact) mass is 188 g/mol. The minimum Gasteiger partial charge on any atom is -0.396 e. The Morgan fingerprint density at radius 1 is 1.31 bits per heavy atom. The number of unbranched alkanes of at least 4 members (excludes halogenated alkanes) is 1. The van der Waals surface area contributed by atoms with E-state index in [0.29, 0.717) is 19.5 Å². The van der Waals surface area contributed by atoms with Gasteiger partial charge in [0.2, 0.25) is 5.91 Å². The van der Waals surface area contributed by atoms with E-state index in [1.165, 1.54) is 0 Å². The van der Waals surface area contributed by atoms with Gasteiger partial charge in [-0.3, -0.25) is 4.79 Å². The molecule has 4 heteroatoms. The van der Waals surface area contributed by atoms with Crippen molar-refractivity contribution in [2.75, 3.05) is 26.2 Å². The third-order valence-electron chi connectivity index (χ3n) is 1.65. The van der Waals surface area contributed by atoms with Crippen LogP contribution < -0.4 is 10.6 Å². The Hall–Kier alpha value is -0.610. The van der Waals surface area contributed by atoms with Gasteiger partial charge in [-0.15, -0.1) is 0 Å². The number of rotatable bonds is 8. The minimum absolute atomic E-state index is 0.0337. The Bertz CT molecular complexity index is 129. The van der Waals surface area contributed by atoms with Gasteiger partial charge in [-0.25, -0.2) is 0 Å². The van der Waals surface area contributed by atoms with E-state index in [4.69, 9.17) is 5.11 Å². The molecule has 0 aliphatic rings. The first-order chi connectivity index (χ1) is 6.31. The maximum Gasteiger partial charge on any atom is 0.233 e. The van der Waals surface area contributed by atoms with E-state index in [2.05, 4.69) is 17.6 Å². The van der Waals surface area contributed by atoms with Crippen molar-refractivity contribution in [2.45, 2.75) is 26.2 Å². The average Bonchev–Trinajstić information content (AvgIpc) is 2.13. The van der Waals surface area contributed by atoms with Crippen LogP contribution in [0.25, 0.3) is 0 Å². The first kappa shape index (κ1) is 12.4. The summed E-state index contributed by atoms with van der Waals surface area (Å²) >= 11 is 0. The number of aliphatic hydroxyl groups is 1. The number of hydrogen-bond acceptors (Lipinski definition) is 3. The SMILES string of the molecule is CCCCNC(=O)CNCCCO. The smallest absolute Gasteiger partial charge is 0.233 e. The molecule has 0 aromatic carbocycles. The fourth-order valence-corrected chi connectivity index (χ4v) is 0.873. The molecule has 0 atom stereocenters. The number of carbonyl (C=O) groups excluding carboxylic acids is 1. The third-order valence-corrected chi connectivity index (χ3v) is 1.65. The molecule has 0 aromatic heterocycles. The zero-order valence-electron chi connectivity index (χ0n) is 8.31. The molecule has 0 aromatic rings. The maximum absolute atomic E-state index is 11.0. The van der Waals surface area contributed by atoms with Crippen LogP contribution >= 0.6 is 0 Å². The summed E-state index contributed by atoms with van der Waals surface area (Å²) in [7, 11) is 0. The molecule has 0 rings (SSSR count). The van der Waals surface area contributed by atoms with Crippen molar-refractivity contribution in [3.63, 3.8) is 0 Å². The first-order valence-corrected chi connectivity index (χ1v) is 4.89. The molecule has 0 spiro atoms. The Kier molecular flexibility index (Phi) is 9.03. The van der Waals surface area contributed by atoms with E-state index < -0.39 is 0 Å². The van der Waals surface area contributed by atoms with Crippen LogP contribution in [0.4, 0.5) is 0 Å². The van der Waals surface area contributed by atoms with Gasteiger partial charge >= 0.3 is 0 Å². The van der Waals surface area contributed by atoms with Crippen molar-refractivity contribution in [1.29, 1.82) is 0 Å². The van der Waals surface area contributed by atoms with Crippen LogP contribution in [-0.2, 0) is 4.79 Å². The summed E-state index contributed by atoms with van der Waals surface area (Å²) in [5.41, 5.74) is 0. The zero-order valence-corrected chi connectivity index (χ0v) is 8.31. The van der Waals surface area contributed by atoms with Crippen LogP contribution in [0.15, 0.2) is 0 Å². The van der Waals surface area contributed by atoms with Crippen molar-refractivity contribution in [1.82, 2.24) is 10.6 Å². The molecule has 0 saturated heterocycles. The second kappa shape index (κ2) is 9.48. The quantitative estimate of drug-likeness (QED) is 0.465. The molecule has 0 radical (unpaired) electrons. The summed E-state index contributed by atoms with van der Waals surface area (Å²) in [6, 6.07) is 0. The summed E-state index contributed by atoms with van der Waals surface area (Å²) in [4.78, 5) is 11.0. The summed E-state index contributed by atoms with van der Waals surface area (Å²) in [6.07, 6.45) is 2.82. The molecule has 0 fully saturated rings. The van der Waals surface area contributed by atoms with Crippen LogP contribution in [0, 0.1) is 0 Å². The third kappa shape index (κ3) is 9.30. The molecule has 13 heavy (non-hydrogen) atoms. The van der Waals surface area contributed by atoms with Gasteiger partial charge in [-0.05, 0) is 19.4 Å². The lowest BCUT2D eigenvalue weighted by atomic mass is 10.3. The van der Waals surface area contributed by atoms with Crippen molar-refractivity contribution < 1.29 is 9.90 Å². The number of carbonyl (C=O) groups is 1. The molecular weight excluding hydrogens is 168 g/mol. The van der Waals surface area contributed by atoms with Gasteiger partial charge < -0.3 is 15.7 Å². The van der Waals surface area contributed by atoms with Crippen LogP contribution in [0.2, 0.25) is 0 Å². The highest BCUT2D eigenvalue weighted by Crippen LogP contribution is 1.81. The number of nitrogens with one attached hydrogen (secondary N) is 2. The lowest BCUT2D eigenvalue weighted by Gasteiger charge is -2.04. The molecule has 0 heterocycles. The molecule has 0 bridgehead atoms. The highest BCUT2D eigenvalue weighted by Gasteiger charge is 1.97. The predicted octanol–water partition coefficient (Wildman–Crippen LogP) is -0.125. The second-order valence-electron chi connectivity index (χ2n) is 2.96. The maximum atomic E-state index is 11.0. The van der Waals surface area contributed by atoms with Gasteiger partial charge in [0.15, 0.2) is 0 Å².